The van der Waals surface area contributed by atoms with Crippen LogP contribution >= 0.6 is 0 Å². The van der Waals surface area contributed by atoms with Crippen LogP contribution in [-0.2, 0) is 20.8 Å². The van der Waals surface area contributed by atoms with Crippen LogP contribution in [0.25, 0.3) is 0 Å². The van der Waals surface area contributed by atoms with Crippen molar-refractivity contribution >= 4 is 17.8 Å². The number of nitrogens with two attached hydrogens (primary N) is 1. The Morgan fingerprint density at radius 1 is 1.12 bits per heavy atom. The van der Waals surface area contributed by atoms with Crippen LogP contribution in [0.4, 0.5) is 13.2 Å². The third kappa shape index (κ3) is 16.6. The predicted octanol–water partition coefficient (Wildman–Crippen LogP) is 2.68. The van der Waals surface area contributed by atoms with Crippen LogP contribution in [-0.4, -0.2) is 58.2 Å². The number of alkyl halides is 3. The van der Waals surface area contributed by atoms with Crippen molar-refractivity contribution in [1.29, 1.82) is 0 Å². The summed E-state index contributed by atoms with van der Waals surface area (Å²) in [6.07, 6.45) is 8.53. The van der Waals surface area contributed by atoms with Crippen molar-refractivity contribution in [1.82, 2.24) is 20.6 Å². The maximum absolute atomic E-state index is 12.4. The number of amides is 2. The Labute approximate surface area is 192 Å². The molecule has 1 aromatic rings. The topological polar surface area (TPSA) is 150 Å². The van der Waals surface area contributed by atoms with Crippen LogP contribution < -0.4 is 16.4 Å². The Bertz CT molecular complexity index is 669. The van der Waals surface area contributed by atoms with Crippen LogP contribution in [0.15, 0.2) is 12.5 Å². The van der Waals surface area contributed by atoms with E-state index in [0.717, 1.165) is 18.5 Å². The molecule has 9 nitrogen and oxygen atoms in total. The molecule has 6 N–H and O–H groups in total. The van der Waals surface area contributed by atoms with Crippen molar-refractivity contribution in [3.05, 3.63) is 18.2 Å². The minimum Gasteiger partial charge on any atom is -0.475 e. The fourth-order valence-electron chi connectivity index (χ4n) is 2.82. The van der Waals surface area contributed by atoms with Gasteiger partial charge in [-0.1, -0.05) is 51.9 Å². The van der Waals surface area contributed by atoms with E-state index in [1.165, 1.54) is 38.5 Å². The molecule has 33 heavy (non-hydrogen) atoms. The Morgan fingerprint density at radius 2 is 1.70 bits per heavy atom. The average Bonchev–Trinajstić information content (AvgIpc) is 3.25. The number of hydrogen-bond acceptors (Lipinski definition) is 5. The van der Waals surface area contributed by atoms with Gasteiger partial charge in [0.25, 0.3) is 0 Å². The number of rotatable bonds is 15. The highest BCUT2D eigenvalue weighted by atomic mass is 19.4. The van der Waals surface area contributed by atoms with Crippen LogP contribution in [0.3, 0.4) is 0 Å². The van der Waals surface area contributed by atoms with E-state index in [1.807, 2.05) is 0 Å². The van der Waals surface area contributed by atoms with E-state index in [2.05, 4.69) is 27.5 Å². The van der Waals surface area contributed by atoms with E-state index >= 15 is 0 Å². The van der Waals surface area contributed by atoms with Crippen molar-refractivity contribution in [2.24, 2.45) is 5.73 Å². The summed E-state index contributed by atoms with van der Waals surface area (Å²) < 4.78 is 31.7. The van der Waals surface area contributed by atoms with E-state index in [4.69, 9.17) is 15.6 Å². The lowest BCUT2D eigenvalue weighted by molar-refractivity contribution is -0.192. The summed E-state index contributed by atoms with van der Waals surface area (Å²) in [5.41, 5.74) is 6.22. The molecule has 0 spiro atoms. The minimum atomic E-state index is -5.08. The average molecular weight is 480 g/mol. The number of carboxylic acid groups (broad SMARTS) is 1. The monoisotopic (exact) mass is 479 g/mol. The number of carbonyl (C=O) groups excluding carboxylic acids is 2. The summed E-state index contributed by atoms with van der Waals surface area (Å²) in [5.74, 6) is -3.13. The first-order valence-electron chi connectivity index (χ1n) is 11.2. The van der Waals surface area contributed by atoms with Gasteiger partial charge in [0.05, 0.1) is 6.33 Å². The number of hydrogen-bond donors (Lipinski definition) is 5. The number of aromatic nitrogens is 2. The molecule has 0 aliphatic heterocycles. The van der Waals surface area contributed by atoms with E-state index in [9.17, 15) is 22.8 Å². The highest BCUT2D eigenvalue weighted by Crippen LogP contribution is 2.13. The van der Waals surface area contributed by atoms with E-state index in [-0.39, 0.29) is 24.8 Å². The van der Waals surface area contributed by atoms with Crippen molar-refractivity contribution in [2.75, 3.05) is 13.1 Å². The zero-order valence-electron chi connectivity index (χ0n) is 19.0. The molecule has 2 amide bonds. The predicted molar refractivity (Wildman–Crippen MR) is 117 cm³/mol. The molecule has 0 aliphatic rings. The smallest absolute Gasteiger partial charge is 0.475 e. The lowest BCUT2D eigenvalue weighted by Gasteiger charge is -2.18. The number of nitrogens with zero attached hydrogens (tertiary/aromatic N) is 1. The third-order valence-electron chi connectivity index (χ3n) is 4.57. The minimum absolute atomic E-state index is 0.159. The standard InChI is InChI=1S/C19H35N5O2.C2HF3O2/c1-2-3-4-5-6-7-8-9-12-22-19(26)17(24-18(25)10-11-20)13-16-14-21-15-23-16;3-2(4,5)1(6)7/h14-15,17H,2-13,20H2,1H3,(H,21,23)(H,22,26)(H,24,25);(H,6,7)/t17-;/m0./s1. The molecule has 1 heterocycles. The van der Waals surface area contributed by atoms with Gasteiger partial charge in [-0.3, -0.25) is 9.59 Å². The Balaban J connectivity index is 0.00000126. The molecule has 0 bridgehead atoms. The second-order valence-electron chi connectivity index (χ2n) is 7.51. The summed E-state index contributed by atoms with van der Waals surface area (Å²) >= 11 is 0. The van der Waals surface area contributed by atoms with E-state index in [0.29, 0.717) is 13.0 Å². The van der Waals surface area contributed by atoms with Crippen molar-refractivity contribution in [2.45, 2.75) is 83.4 Å². The lowest BCUT2D eigenvalue weighted by atomic mass is 10.1. The first kappa shape index (κ1) is 30.4. The molecule has 0 unspecified atom stereocenters. The highest BCUT2D eigenvalue weighted by Gasteiger charge is 2.38. The van der Waals surface area contributed by atoms with Crippen LogP contribution in [0.5, 0.6) is 0 Å². The largest absolute Gasteiger partial charge is 0.490 e. The number of halogens is 3. The van der Waals surface area contributed by atoms with Gasteiger partial charge in [-0.2, -0.15) is 13.2 Å². The fourth-order valence-corrected chi connectivity index (χ4v) is 2.82. The van der Waals surface area contributed by atoms with Gasteiger partial charge in [0.15, 0.2) is 0 Å². The quantitative estimate of drug-likeness (QED) is 0.244. The molecule has 190 valence electrons. The normalized spacial score (nSPS) is 11.8. The first-order chi connectivity index (χ1) is 15.6. The molecular weight excluding hydrogens is 443 g/mol. The SMILES string of the molecule is CCCCCCCCCCNC(=O)[C@H](Cc1cnc[nH]1)NC(=O)CCN.O=C(O)C(F)(F)F. The molecular formula is C21H36F3N5O4. The lowest BCUT2D eigenvalue weighted by Crippen LogP contribution is -2.48. The zero-order valence-corrected chi connectivity index (χ0v) is 19.0. The van der Waals surface area contributed by atoms with E-state index in [1.54, 1.807) is 12.5 Å². The number of aliphatic carboxylic acids is 1. The third-order valence-corrected chi connectivity index (χ3v) is 4.57. The summed E-state index contributed by atoms with van der Waals surface area (Å²) in [5, 5.41) is 12.8. The van der Waals surface area contributed by atoms with Gasteiger partial charge < -0.3 is 26.5 Å². The van der Waals surface area contributed by atoms with Gasteiger partial charge in [-0.15, -0.1) is 0 Å². The molecule has 1 atom stereocenters. The summed E-state index contributed by atoms with van der Waals surface area (Å²) in [4.78, 5) is 40.1. The number of carbonyl (C=O) groups is 3. The number of unbranched alkanes of at least 4 members (excludes halogenated alkanes) is 7. The number of carboxylic acids is 1. The van der Waals surface area contributed by atoms with Gasteiger partial charge in [0.1, 0.15) is 6.04 Å². The van der Waals surface area contributed by atoms with E-state index < -0.39 is 18.2 Å². The zero-order chi connectivity index (χ0) is 25.1. The van der Waals surface area contributed by atoms with Gasteiger partial charge in [0.2, 0.25) is 11.8 Å². The van der Waals surface area contributed by atoms with Crippen molar-refractivity contribution < 1.29 is 32.7 Å². The molecule has 0 radical (unpaired) electrons. The fraction of sp³-hybridized carbons (Fsp3) is 0.714. The highest BCUT2D eigenvalue weighted by molar-refractivity contribution is 5.87. The Morgan fingerprint density at radius 3 is 2.18 bits per heavy atom. The van der Waals surface area contributed by atoms with Gasteiger partial charge in [-0.25, -0.2) is 9.78 Å². The maximum Gasteiger partial charge on any atom is 0.490 e. The molecule has 0 aliphatic carbocycles. The van der Waals surface area contributed by atoms with Crippen LogP contribution in [0, 0.1) is 0 Å². The molecule has 0 saturated carbocycles. The molecule has 1 aromatic heterocycles. The summed E-state index contributed by atoms with van der Waals surface area (Å²) in [7, 11) is 0. The Hall–Kier alpha value is -2.63. The van der Waals surface area contributed by atoms with Gasteiger partial charge in [-0.05, 0) is 6.42 Å². The number of imidazole rings is 1. The maximum atomic E-state index is 12.4. The summed E-state index contributed by atoms with van der Waals surface area (Å²) in [6.45, 7) is 3.13. The van der Waals surface area contributed by atoms with Gasteiger partial charge in [0, 0.05) is 37.8 Å². The summed E-state index contributed by atoms with van der Waals surface area (Å²) in [6, 6.07) is -0.608. The van der Waals surface area contributed by atoms with Crippen molar-refractivity contribution in [3.8, 4) is 0 Å². The van der Waals surface area contributed by atoms with Crippen molar-refractivity contribution in [3.63, 3.8) is 0 Å². The van der Waals surface area contributed by atoms with Crippen LogP contribution in [0.1, 0.15) is 70.4 Å². The first-order valence-corrected chi connectivity index (χ1v) is 11.2. The van der Waals surface area contributed by atoms with Crippen LogP contribution in [0.2, 0.25) is 0 Å². The second-order valence-corrected chi connectivity index (χ2v) is 7.51. The second kappa shape index (κ2) is 17.9. The number of nitrogens with one attached hydrogen (secondary N) is 3. The molecule has 0 saturated heterocycles. The molecule has 0 aromatic carbocycles. The molecule has 12 heteroatoms. The Kier molecular flexibility index (Phi) is 16.4. The number of H-pyrrole nitrogens is 1. The van der Waals surface area contributed by atoms with Gasteiger partial charge >= 0.3 is 12.1 Å². The number of aromatic amines is 1. The molecule has 0 fully saturated rings. The molecule has 1 rings (SSSR count).